The van der Waals surface area contributed by atoms with Gasteiger partial charge in [-0.25, -0.2) is 8.78 Å². The lowest BCUT2D eigenvalue weighted by atomic mass is 9.99. The standard InChI is InChI=1S/C23H36FN3S.C6H4ClF.CH6N2/c1-7-12-28-22(17(4)8-2)23-26-14-19(21-13-16(3)15-27(21)23)20(25-6)11-9-10-18(5)24;7-5-2-1-3-6(8)4-5;1-3-2/h7,9,11-12,16-18,22H,8,10,13-15H2,1-6H3;1-4H;3H,2H2,1H3/b11-9-,12-7-,25-20?;;. The summed E-state index contributed by atoms with van der Waals surface area (Å²) in [7, 11) is 3.47. The molecule has 1 saturated heterocycles. The second-order valence-electron chi connectivity index (χ2n) is 9.69. The summed E-state index contributed by atoms with van der Waals surface area (Å²) in [5, 5.41) is 3.00. The molecule has 2 heterocycles. The van der Waals surface area contributed by atoms with Gasteiger partial charge in [-0.05, 0) is 75.3 Å². The average Bonchev–Trinajstić information content (AvgIpc) is 3.29. The van der Waals surface area contributed by atoms with Crippen LogP contribution < -0.4 is 11.3 Å². The zero-order valence-electron chi connectivity index (χ0n) is 24.4. The van der Waals surface area contributed by atoms with Crippen LogP contribution in [0.5, 0.6) is 0 Å². The first-order valence-corrected chi connectivity index (χ1v) is 14.8. The summed E-state index contributed by atoms with van der Waals surface area (Å²) in [6, 6.07) is 5.82. The van der Waals surface area contributed by atoms with E-state index < -0.39 is 6.17 Å². The normalized spacial score (nSPS) is 19.7. The van der Waals surface area contributed by atoms with E-state index >= 15 is 0 Å². The Kier molecular flexibility index (Phi) is 17.2. The van der Waals surface area contributed by atoms with Gasteiger partial charge in [0.25, 0.3) is 0 Å². The maximum absolute atomic E-state index is 13.2. The number of nitrogens with two attached hydrogens (primary N) is 1. The number of fused-ring (bicyclic) bond motifs is 1. The number of thioether (sulfide) groups is 1. The Hall–Kier alpha value is -2.00. The Balaban J connectivity index is 0.000000575. The van der Waals surface area contributed by atoms with Crippen LogP contribution in [0, 0.1) is 17.7 Å². The van der Waals surface area contributed by atoms with Crippen LogP contribution in [0.4, 0.5) is 8.78 Å². The number of hydrazine groups is 1. The minimum absolute atomic E-state index is 0.294. The Morgan fingerprint density at radius 2 is 2.08 bits per heavy atom. The first-order valence-electron chi connectivity index (χ1n) is 13.5. The molecule has 0 radical (unpaired) electrons. The number of rotatable bonds is 9. The number of amidine groups is 1. The number of nitrogens with one attached hydrogen (secondary N) is 1. The van der Waals surface area contributed by atoms with Crippen molar-refractivity contribution in [2.24, 2.45) is 27.7 Å². The van der Waals surface area contributed by atoms with Gasteiger partial charge >= 0.3 is 0 Å². The molecule has 5 nitrogen and oxygen atoms in total. The Labute approximate surface area is 243 Å². The summed E-state index contributed by atoms with van der Waals surface area (Å²) in [5.74, 6) is 6.68. The topological polar surface area (TPSA) is 66.0 Å². The summed E-state index contributed by atoms with van der Waals surface area (Å²) >= 11 is 7.29. The highest BCUT2D eigenvalue weighted by Gasteiger charge is 2.37. The number of aliphatic imine (C=N–C) groups is 2. The molecule has 9 heteroatoms. The van der Waals surface area contributed by atoms with Gasteiger partial charge in [0.2, 0.25) is 0 Å². The lowest BCUT2D eigenvalue weighted by Gasteiger charge is -2.35. The first kappa shape index (κ1) is 35.0. The molecule has 1 aromatic rings. The van der Waals surface area contributed by atoms with Crippen molar-refractivity contribution >= 4 is 34.9 Å². The molecule has 4 unspecified atom stereocenters. The second kappa shape index (κ2) is 19.1. The fourth-order valence-electron chi connectivity index (χ4n) is 4.22. The van der Waals surface area contributed by atoms with Crippen LogP contribution in [0.2, 0.25) is 5.02 Å². The number of allylic oxidation sites excluding steroid dienone is 4. The Morgan fingerprint density at radius 3 is 2.59 bits per heavy atom. The third-order valence-electron chi connectivity index (χ3n) is 6.24. The van der Waals surface area contributed by atoms with E-state index in [0.29, 0.717) is 35.1 Å². The Bertz CT molecular complexity index is 1010. The number of benzene rings is 1. The molecule has 1 fully saturated rings. The SMILES string of the molecule is C/C=C\SC(C1=NCC(C(/C=C\CC(C)F)=NC)=C2CC(C)CN12)C(C)CC.CNN.Fc1cccc(Cl)c1. The van der Waals surface area contributed by atoms with Crippen LogP contribution in [-0.2, 0) is 0 Å². The third-order valence-corrected chi connectivity index (χ3v) is 7.87. The predicted octanol–water partition coefficient (Wildman–Crippen LogP) is 7.61. The van der Waals surface area contributed by atoms with Gasteiger partial charge in [0, 0.05) is 29.9 Å². The summed E-state index contributed by atoms with van der Waals surface area (Å²) in [4.78, 5) is 12.0. The summed E-state index contributed by atoms with van der Waals surface area (Å²) in [6.45, 7) is 12.2. The summed E-state index contributed by atoms with van der Waals surface area (Å²) in [6.07, 6.45) is 7.76. The maximum Gasteiger partial charge on any atom is 0.124 e. The number of hydrogen-bond donors (Lipinski definition) is 2. The molecule has 39 heavy (non-hydrogen) atoms. The van der Waals surface area contributed by atoms with Gasteiger partial charge in [-0.1, -0.05) is 57.0 Å². The highest BCUT2D eigenvalue weighted by Crippen LogP contribution is 2.37. The van der Waals surface area contributed by atoms with Gasteiger partial charge in [-0.2, -0.15) is 0 Å². The average molecular weight is 582 g/mol. The van der Waals surface area contributed by atoms with E-state index in [2.05, 4.69) is 60.3 Å². The van der Waals surface area contributed by atoms with E-state index in [1.54, 1.807) is 26.1 Å². The van der Waals surface area contributed by atoms with Crippen molar-refractivity contribution in [1.29, 1.82) is 0 Å². The van der Waals surface area contributed by atoms with E-state index in [4.69, 9.17) is 16.6 Å². The minimum atomic E-state index is -0.828. The van der Waals surface area contributed by atoms with Crippen LogP contribution in [0.25, 0.3) is 0 Å². The molecule has 0 spiro atoms. The van der Waals surface area contributed by atoms with Gasteiger partial charge in [-0.3, -0.25) is 21.3 Å². The molecule has 2 aliphatic heterocycles. The van der Waals surface area contributed by atoms with Crippen molar-refractivity contribution < 1.29 is 8.78 Å². The Morgan fingerprint density at radius 1 is 1.38 bits per heavy atom. The van der Waals surface area contributed by atoms with Gasteiger partial charge in [0.15, 0.2) is 0 Å². The van der Waals surface area contributed by atoms with Crippen LogP contribution in [-0.4, -0.2) is 55.1 Å². The second-order valence-corrected chi connectivity index (χ2v) is 11.2. The van der Waals surface area contributed by atoms with Crippen molar-refractivity contribution in [2.45, 2.75) is 65.3 Å². The van der Waals surface area contributed by atoms with Crippen molar-refractivity contribution in [3.05, 3.63) is 70.0 Å². The van der Waals surface area contributed by atoms with Gasteiger partial charge in [0.05, 0.1) is 17.5 Å². The first-order chi connectivity index (χ1) is 18.6. The van der Waals surface area contributed by atoms with Crippen LogP contribution >= 0.6 is 23.4 Å². The van der Waals surface area contributed by atoms with Crippen LogP contribution in [0.3, 0.4) is 0 Å². The third kappa shape index (κ3) is 12.0. The molecule has 0 bridgehead atoms. The van der Waals surface area contributed by atoms with Gasteiger partial charge in [0.1, 0.15) is 17.8 Å². The quantitative estimate of drug-likeness (QED) is 0.179. The molecule has 0 amide bonds. The zero-order chi connectivity index (χ0) is 29.4. The molecule has 4 atom stereocenters. The highest BCUT2D eigenvalue weighted by molar-refractivity contribution is 8.03. The molecular formula is C30H46ClF2N5S. The van der Waals surface area contributed by atoms with Crippen molar-refractivity contribution in [1.82, 2.24) is 10.3 Å². The molecule has 0 aliphatic carbocycles. The predicted molar refractivity (Wildman–Crippen MR) is 168 cm³/mol. The molecule has 3 N–H and O–H groups in total. The molecular weight excluding hydrogens is 536 g/mol. The van der Waals surface area contributed by atoms with E-state index in [1.165, 1.54) is 29.2 Å². The largest absolute Gasteiger partial charge is 0.332 e. The van der Waals surface area contributed by atoms with E-state index in [0.717, 1.165) is 25.1 Å². The van der Waals surface area contributed by atoms with Crippen molar-refractivity contribution in [2.75, 3.05) is 27.2 Å². The summed E-state index contributed by atoms with van der Waals surface area (Å²) in [5.41, 5.74) is 5.77. The number of halogens is 3. The monoisotopic (exact) mass is 581 g/mol. The molecule has 3 rings (SSSR count). The smallest absolute Gasteiger partial charge is 0.124 e. The minimum Gasteiger partial charge on any atom is -0.332 e. The summed E-state index contributed by atoms with van der Waals surface area (Å²) < 4.78 is 25.3. The molecule has 2 aliphatic rings. The van der Waals surface area contributed by atoms with Gasteiger partial charge < -0.3 is 4.90 Å². The van der Waals surface area contributed by atoms with E-state index in [-0.39, 0.29) is 5.82 Å². The zero-order valence-corrected chi connectivity index (χ0v) is 26.0. The van der Waals surface area contributed by atoms with E-state index in [1.807, 2.05) is 31.0 Å². The van der Waals surface area contributed by atoms with Crippen LogP contribution in [0.15, 0.2) is 69.2 Å². The fourth-order valence-corrected chi connectivity index (χ4v) is 5.51. The molecule has 1 aromatic carbocycles. The van der Waals surface area contributed by atoms with E-state index in [9.17, 15) is 8.78 Å². The fraction of sp³-hybridized carbons (Fsp3) is 0.533. The molecule has 218 valence electrons. The van der Waals surface area contributed by atoms with Gasteiger partial charge in [-0.15, -0.1) is 11.8 Å². The lowest BCUT2D eigenvalue weighted by Crippen LogP contribution is -2.41. The van der Waals surface area contributed by atoms with Crippen LogP contribution in [0.1, 0.15) is 53.9 Å². The maximum atomic E-state index is 13.2. The molecule has 0 aromatic heterocycles. The molecule has 0 saturated carbocycles. The number of alkyl halides is 1. The lowest BCUT2D eigenvalue weighted by molar-refractivity contribution is 0.365. The number of nitrogens with zero attached hydrogens (tertiary/aromatic N) is 3. The highest BCUT2D eigenvalue weighted by atomic mass is 35.5. The van der Waals surface area contributed by atoms with Crippen molar-refractivity contribution in [3.8, 4) is 0 Å². The van der Waals surface area contributed by atoms with Crippen molar-refractivity contribution in [3.63, 3.8) is 0 Å². The number of hydrogen-bond acceptors (Lipinski definition) is 6.